The van der Waals surface area contributed by atoms with E-state index >= 15 is 0 Å². The minimum atomic E-state index is -0.482. The number of carbonyl (C=O) groups is 2. The lowest BCUT2D eigenvalue weighted by Crippen LogP contribution is -2.31. The Morgan fingerprint density at radius 2 is 1.75 bits per heavy atom. The van der Waals surface area contributed by atoms with Crippen LogP contribution in [0.3, 0.4) is 0 Å². The van der Waals surface area contributed by atoms with Gasteiger partial charge in [0.2, 0.25) is 0 Å². The molecule has 0 saturated heterocycles. The molecular weight excluding hydrogens is 302 g/mol. The molecule has 126 valence electrons. The Hall–Kier alpha value is -2.62. The predicted molar refractivity (Wildman–Crippen MR) is 94.1 cm³/mol. The molecule has 1 amide bonds. The van der Waals surface area contributed by atoms with Gasteiger partial charge in [0.25, 0.3) is 5.91 Å². The first-order chi connectivity index (χ1) is 11.5. The summed E-state index contributed by atoms with van der Waals surface area (Å²) in [5.41, 5.74) is 3.75. The quantitative estimate of drug-likeness (QED) is 0.828. The molecule has 0 spiro atoms. The highest BCUT2D eigenvalue weighted by Gasteiger charge is 2.12. The fraction of sp³-hybridized carbons (Fsp3) is 0.300. The summed E-state index contributed by atoms with van der Waals surface area (Å²) in [7, 11) is 0. The fourth-order valence-electron chi connectivity index (χ4n) is 2.30. The van der Waals surface area contributed by atoms with Crippen LogP contribution in [0.1, 0.15) is 39.9 Å². The normalized spacial score (nSPS) is 11.6. The van der Waals surface area contributed by atoms with Crippen LogP contribution in [0.5, 0.6) is 0 Å². The number of nitrogens with one attached hydrogen (secondary N) is 1. The molecule has 0 aromatic heterocycles. The number of esters is 1. The van der Waals surface area contributed by atoms with Crippen molar-refractivity contribution in [3.05, 3.63) is 70.8 Å². The van der Waals surface area contributed by atoms with Crippen molar-refractivity contribution in [2.24, 2.45) is 0 Å². The van der Waals surface area contributed by atoms with Crippen molar-refractivity contribution in [2.75, 3.05) is 13.2 Å². The molecule has 2 aromatic rings. The third kappa shape index (κ3) is 4.95. The summed E-state index contributed by atoms with van der Waals surface area (Å²) >= 11 is 0. The second-order valence-corrected chi connectivity index (χ2v) is 5.99. The van der Waals surface area contributed by atoms with Gasteiger partial charge in [0, 0.05) is 6.54 Å². The summed E-state index contributed by atoms with van der Waals surface area (Å²) < 4.78 is 5.07. The SMILES string of the molecule is Cc1ccc(C(=O)OCC(=O)NCC(C)c2ccccc2)cc1C. The maximum Gasteiger partial charge on any atom is 0.338 e. The highest BCUT2D eigenvalue weighted by molar-refractivity contribution is 5.91. The molecule has 1 unspecified atom stereocenters. The molecule has 0 bridgehead atoms. The van der Waals surface area contributed by atoms with Crippen LogP contribution >= 0.6 is 0 Å². The largest absolute Gasteiger partial charge is 0.452 e. The Bertz CT molecular complexity index is 710. The zero-order valence-electron chi connectivity index (χ0n) is 14.3. The van der Waals surface area contributed by atoms with Crippen LogP contribution in [0.15, 0.2) is 48.5 Å². The molecule has 2 aromatic carbocycles. The smallest absolute Gasteiger partial charge is 0.338 e. The molecule has 24 heavy (non-hydrogen) atoms. The summed E-state index contributed by atoms with van der Waals surface area (Å²) in [6.45, 7) is 6.18. The molecule has 4 nitrogen and oxygen atoms in total. The van der Waals surface area contributed by atoms with E-state index in [4.69, 9.17) is 4.74 Å². The highest BCUT2D eigenvalue weighted by Crippen LogP contribution is 2.13. The topological polar surface area (TPSA) is 55.4 Å². The van der Waals surface area contributed by atoms with Crippen LogP contribution < -0.4 is 5.32 Å². The first-order valence-electron chi connectivity index (χ1n) is 8.03. The Morgan fingerprint density at radius 3 is 2.42 bits per heavy atom. The summed E-state index contributed by atoms with van der Waals surface area (Å²) in [6, 6.07) is 15.3. The minimum absolute atomic E-state index is 0.200. The zero-order chi connectivity index (χ0) is 17.5. The number of carbonyl (C=O) groups excluding carboxylic acids is 2. The van der Waals surface area contributed by atoms with Crippen molar-refractivity contribution in [3.8, 4) is 0 Å². The first kappa shape index (κ1) is 17.7. The van der Waals surface area contributed by atoms with Crippen molar-refractivity contribution < 1.29 is 14.3 Å². The van der Waals surface area contributed by atoms with Gasteiger partial charge < -0.3 is 10.1 Å². The zero-order valence-corrected chi connectivity index (χ0v) is 14.3. The van der Waals surface area contributed by atoms with Crippen molar-refractivity contribution >= 4 is 11.9 Å². The van der Waals surface area contributed by atoms with Crippen LogP contribution in [-0.4, -0.2) is 25.0 Å². The standard InChI is InChI=1S/C20H23NO3/c1-14-9-10-18(11-15(14)2)20(23)24-13-19(22)21-12-16(3)17-7-5-4-6-8-17/h4-11,16H,12-13H2,1-3H3,(H,21,22). The van der Waals surface area contributed by atoms with Crippen molar-refractivity contribution in [2.45, 2.75) is 26.7 Å². The van der Waals surface area contributed by atoms with Gasteiger partial charge in [0.15, 0.2) is 6.61 Å². The van der Waals surface area contributed by atoms with Gasteiger partial charge >= 0.3 is 5.97 Å². The predicted octanol–water partition coefficient (Wildman–Crippen LogP) is 3.38. The van der Waals surface area contributed by atoms with E-state index in [0.717, 1.165) is 16.7 Å². The Balaban J connectivity index is 1.78. The molecule has 1 atom stereocenters. The summed E-state index contributed by atoms with van der Waals surface area (Å²) in [6.07, 6.45) is 0. The number of benzene rings is 2. The van der Waals surface area contributed by atoms with Crippen LogP contribution in [0.25, 0.3) is 0 Å². The van der Waals surface area contributed by atoms with E-state index in [2.05, 4.69) is 5.32 Å². The second kappa shape index (κ2) is 8.29. The van der Waals surface area contributed by atoms with Crippen LogP contribution in [0.2, 0.25) is 0 Å². The average molecular weight is 325 g/mol. The van der Waals surface area contributed by atoms with Gasteiger partial charge in [0.05, 0.1) is 5.56 Å². The van der Waals surface area contributed by atoms with E-state index in [1.165, 1.54) is 0 Å². The number of rotatable bonds is 6. The van der Waals surface area contributed by atoms with Crippen LogP contribution in [0, 0.1) is 13.8 Å². The first-order valence-corrected chi connectivity index (χ1v) is 8.03. The number of hydrogen-bond donors (Lipinski definition) is 1. The Labute approximate surface area is 142 Å². The van der Waals surface area contributed by atoms with E-state index in [9.17, 15) is 9.59 Å². The Kier molecular flexibility index (Phi) is 6.13. The van der Waals surface area contributed by atoms with Crippen molar-refractivity contribution in [1.29, 1.82) is 0 Å². The highest BCUT2D eigenvalue weighted by atomic mass is 16.5. The summed E-state index contributed by atoms with van der Waals surface area (Å²) in [5.74, 6) is -0.579. The molecule has 0 aliphatic heterocycles. The van der Waals surface area contributed by atoms with Gasteiger partial charge in [-0.15, -0.1) is 0 Å². The van der Waals surface area contributed by atoms with E-state index < -0.39 is 5.97 Å². The molecule has 4 heteroatoms. The summed E-state index contributed by atoms with van der Waals surface area (Å²) in [5, 5.41) is 2.79. The lowest BCUT2D eigenvalue weighted by Gasteiger charge is -2.13. The molecule has 0 radical (unpaired) electrons. The van der Waals surface area contributed by atoms with Crippen LogP contribution in [-0.2, 0) is 9.53 Å². The van der Waals surface area contributed by atoms with Gasteiger partial charge in [-0.2, -0.15) is 0 Å². The number of aryl methyl sites for hydroxylation is 2. The number of hydrogen-bond acceptors (Lipinski definition) is 3. The van der Waals surface area contributed by atoms with Crippen LogP contribution in [0.4, 0.5) is 0 Å². The fourth-order valence-corrected chi connectivity index (χ4v) is 2.30. The average Bonchev–Trinajstić information content (AvgIpc) is 2.60. The molecular formula is C20H23NO3. The van der Waals surface area contributed by atoms with E-state index in [-0.39, 0.29) is 18.4 Å². The molecule has 0 fully saturated rings. The van der Waals surface area contributed by atoms with Gasteiger partial charge in [0.1, 0.15) is 0 Å². The second-order valence-electron chi connectivity index (χ2n) is 5.99. The molecule has 1 N–H and O–H groups in total. The minimum Gasteiger partial charge on any atom is -0.452 e. The third-order valence-corrected chi connectivity index (χ3v) is 4.05. The lowest BCUT2D eigenvalue weighted by molar-refractivity contribution is -0.124. The van der Waals surface area contributed by atoms with E-state index in [0.29, 0.717) is 12.1 Å². The molecule has 0 heterocycles. The van der Waals surface area contributed by atoms with Crippen molar-refractivity contribution in [3.63, 3.8) is 0 Å². The number of amides is 1. The third-order valence-electron chi connectivity index (χ3n) is 4.05. The maximum atomic E-state index is 12.0. The van der Waals surface area contributed by atoms with E-state index in [1.54, 1.807) is 12.1 Å². The lowest BCUT2D eigenvalue weighted by atomic mass is 10.0. The van der Waals surface area contributed by atoms with Gasteiger partial charge in [-0.3, -0.25) is 4.79 Å². The van der Waals surface area contributed by atoms with Gasteiger partial charge in [-0.05, 0) is 48.6 Å². The van der Waals surface area contributed by atoms with Gasteiger partial charge in [-0.25, -0.2) is 4.79 Å². The molecule has 0 saturated carbocycles. The number of ether oxygens (including phenoxy) is 1. The molecule has 0 aliphatic rings. The monoisotopic (exact) mass is 325 g/mol. The maximum absolute atomic E-state index is 12.0. The summed E-state index contributed by atoms with van der Waals surface area (Å²) in [4.78, 5) is 23.8. The van der Waals surface area contributed by atoms with Gasteiger partial charge in [-0.1, -0.05) is 43.3 Å². The molecule has 2 rings (SSSR count). The molecule has 0 aliphatic carbocycles. The Morgan fingerprint density at radius 1 is 1.04 bits per heavy atom. The van der Waals surface area contributed by atoms with E-state index in [1.807, 2.05) is 57.2 Å². The van der Waals surface area contributed by atoms with Crippen molar-refractivity contribution in [1.82, 2.24) is 5.32 Å².